The molecule has 4 nitrogen and oxygen atoms in total. The Labute approximate surface area is 96.7 Å². The van der Waals surface area contributed by atoms with E-state index in [2.05, 4.69) is 4.98 Å². The molecular formula is C8H3F5N2O2S. The highest BCUT2D eigenvalue weighted by Gasteiger charge is 2.51. The van der Waals surface area contributed by atoms with Crippen LogP contribution in [0.3, 0.4) is 0 Å². The number of rotatable bonds is 2. The van der Waals surface area contributed by atoms with Gasteiger partial charge in [0.15, 0.2) is 11.6 Å². The molecule has 2 rings (SSSR count). The van der Waals surface area contributed by atoms with Crippen LogP contribution >= 0.6 is 0 Å². The molecule has 0 spiro atoms. The SMILES string of the molecule is O=S(=O)(F)C(F)(F)c1nc2c(F)ccc(F)c2[nH]1. The van der Waals surface area contributed by atoms with Gasteiger partial charge < -0.3 is 4.98 Å². The summed E-state index contributed by atoms with van der Waals surface area (Å²) in [6.07, 6.45) is 0. The number of halogens is 5. The van der Waals surface area contributed by atoms with Gasteiger partial charge in [0.2, 0.25) is 0 Å². The second-order valence-electron chi connectivity index (χ2n) is 3.29. The van der Waals surface area contributed by atoms with Crippen molar-refractivity contribution in [3.05, 3.63) is 29.6 Å². The molecule has 2 aromatic rings. The van der Waals surface area contributed by atoms with Gasteiger partial charge >= 0.3 is 15.5 Å². The lowest BCUT2D eigenvalue weighted by atomic mass is 10.3. The summed E-state index contributed by atoms with van der Waals surface area (Å²) < 4.78 is 85.2. The van der Waals surface area contributed by atoms with Gasteiger partial charge in [-0.05, 0) is 12.1 Å². The molecule has 1 aromatic heterocycles. The fraction of sp³-hybridized carbons (Fsp3) is 0.125. The zero-order chi connectivity index (χ0) is 13.7. The minimum Gasteiger partial charge on any atom is -0.333 e. The number of aromatic nitrogens is 2. The molecule has 0 saturated heterocycles. The van der Waals surface area contributed by atoms with Crippen LogP contribution in [-0.4, -0.2) is 18.4 Å². The molecule has 0 fully saturated rings. The van der Waals surface area contributed by atoms with Gasteiger partial charge in [0.25, 0.3) is 0 Å². The summed E-state index contributed by atoms with van der Waals surface area (Å²) in [5.74, 6) is -3.97. The summed E-state index contributed by atoms with van der Waals surface area (Å²) in [4.78, 5) is 4.43. The molecule has 0 bridgehead atoms. The predicted octanol–water partition coefficient (Wildman–Crippen LogP) is 2.19. The third-order valence-corrected chi connectivity index (χ3v) is 2.93. The molecule has 0 atom stereocenters. The molecule has 18 heavy (non-hydrogen) atoms. The van der Waals surface area contributed by atoms with Crippen molar-refractivity contribution in [2.24, 2.45) is 0 Å². The summed E-state index contributed by atoms with van der Waals surface area (Å²) >= 11 is 0. The Hall–Kier alpha value is -1.71. The molecule has 0 unspecified atom stereocenters. The average molecular weight is 286 g/mol. The Morgan fingerprint density at radius 1 is 1.17 bits per heavy atom. The van der Waals surface area contributed by atoms with Gasteiger partial charge in [-0.25, -0.2) is 13.8 Å². The number of hydrogen-bond donors (Lipinski definition) is 1. The number of benzene rings is 1. The van der Waals surface area contributed by atoms with E-state index in [4.69, 9.17) is 0 Å². The van der Waals surface area contributed by atoms with Crippen LogP contribution in [0.1, 0.15) is 5.82 Å². The molecule has 0 amide bonds. The van der Waals surface area contributed by atoms with E-state index in [1.807, 2.05) is 0 Å². The Kier molecular flexibility index (Phi) is 2.58. The van der Waals surface area contributed by atoms with Crippen LogP contribution < -0.4 is 0 Å². The number of aromatic amines is 1. The summed E-state index contributed by atoms with van der Waals surface area (Å²) in [6, 6.07) is 1.24. The Bertz CT molecular complexity index is 685. The molecule has 98 valence electrons. The van der Waals surface area contributed by atoms with Crippen molar-refractivity contribution in [1.82, 2.24) is 9.97 Å². The normalized spacial score (nSPS) is 13.2. The van der Waals surface area contributed by atoms with Crippen LogP contribution in [0.4, 0.5) is 21.4 Å². The maximum Gasteiger partial charge on any atom is 0.430 e. The van der Waals surface area contributed by atoms with Gasteiger partial charge in [0, 0.05) is 0 Å². The number of nitrogens with one attached hydrogen (secondary N) is 1. The van der Waals surface area contributed by atoms with Gasteiger partial charge in [-0.2, -0.15) is 17.2 Å². The van der Waals surface area contributed by atoms with Crippen LogP contribution in [0, 0.1) is 11.6 Å². The third-order valence-electron chi connectivity index (χ3n) is 2.13. The minimum atomic E-state index is -6.30. The average Bonchev–Trinajstić information content (AvgIpc) is 2.68. The van der Waals surface area contributed by atoms with E-state index in [1.54, 1.807) is 4.98 Å². The molecule has 0 radical (unpaired) electrons. The summed E-state index contributed by atoms with van der Waals surface area (Å²) in [7, 11) is -6.30. The zero-order valence-electron chi connectivity index (χ0n) is 8.22. The Morgan fingerprint density at radius 3 is 2.22 bits per heavy atom. The largest absolute Gasteiger partial charge is 0.430 e. The van der Waals surface area contributed by atoms with Crippen molar-refractivity contribution in [3.8, 4) is 0 Å². The molecule has 0 aliphatic heterocycles. The van der Waals surface area contributed by atoms with E-state index in [0.717, 1.165) is 0 Å². The maximum atomic E-state index is 13.1. The molecule has 1 N–H and O–H groups in total. The number of hydrogen-bond acceptors (Lipinski definition) is 3. The van der Waals surface area contributed by atoms with E-state index < -0.39 is 44.0 Å². The topological polar surface area (TPSA) is 62.8 Å². The first-order chi connectivity index (χ1) is 8.14. The molecule has 1 heterocycles. The van der Waals surface area contributed by atoms with Crippen LogP contribution in [0.5, 0.6) is 0 Å². The lowest BCUT2D eigenvalue weighted by Crippen LogP contribution is -2.23. The Balaban J connectivity index is 2.76. The zero-order valence-corrected chi connectivity index (χ0v) is 9.03. The highest BCUT2D eigenvalue weighted by Crippen LogP contribution is 2.35. The van der Waals surface area contributed by atoms with E-state index in [1.165, 1.54) is 0 Å². The van der Waals surface area contributed by atoms with Gasteiger partial charge in [-0.3, -0.25) is 0 Å². The second kappa shape index (κ2) is 3.64. The summed E-state index contributed by atoms with van der Waals surface area (Å²) in [6.45, 7) is 0. The number of H-pyrrole nitrogens is 1. The molecule has 1 aromatic carbocycles. The van der Waals surface area contributed by atoms with Gasteiger partial charge in [-0.15, -0.1) is 0 Å². The molecule has 0 aliphatic carbocycles. The summed E-state index contributed by atoms with van der Waals surface area (Å²) in [5.41, 5.74) is -1.61. The van der Waals surface area contributed by atoms with E-state index in [0.29, 0.717) is 12.1 Å². The number of nitrogens with zero attached hydrogens (tertiary/aromatic N) is 1. The maximum absolute atomic E-state index is 13.1. The first-order valence-electron chi connectivity index (χ1n) is 4.31. The quantitative estimate of drug-likeness (QED) is 0.680. The van der Waals surface area contributed by atoms with E-state index in [9.17, 15) is 29.9 Å². The fourth-order valence-electron chi connectivity index (χ4n) is 1.28. The van der Waals surface area contributed by atoms with Crippen molar-refractivity contribution in [3.63, 3.8) is 0 Å². The first-order valence-corrected chi connectivity index (χ1v) is 5.69. The van der Waals surface area contributed by atoms with Crippen molar-refractivity contribution < 1.29 is 29.9 Å². The van der Waals surface area contributed by atoms with Gasteiger partial charge in [0.05, 0.1) is 0 Å². The Morgan fingerprint density at radius 2 is 1.72 bits per heavy atom. The van der Waals surface area contributed by atoms with Crippen molar-refractivity contribution in [1.29, 1.82) is 0 Å². The predicted molar refractivity (Wildman–Crippen MR) is 49.9 cm³/mol. The second-order valence-corrected chi connectivity index (χ2v) is 4.68. The molecule has 0 aliphatic rings. The highest BCUT2D eigenvalue weighted by atomic mass is 32.3. The molecule has 10 heteroatoms. The first kappa shape index (κ1) is 12.7. The minimum absolute atomic E-state index is 0.615. The highest BCUT2D eigenvalue weighted by molar-refractivity contribution is 7.87. The number of imidazole rings is 1. The molecule has 0 saturated carbocycles. The van der Waals surface area contributed by atoms with Crippen molar-refractivity contribution in [2.75, 3.05) is 0 Å². The van der Waals surface area contributed by atoms with Crippen molar-refractivity contribution >= 4 is 21.3 Å². The molecular weight excluding hydrogens is 283 g/mol. The smallest absolute Gasteiger partial charge is 0.333 e. The third kappa shape index (κ3) is 1.72. The van der Waals surface area contributed by atoms with Gasteiger partial charge in [-0.1, -0.05) is 3.89 Å². The van der Waals surface area contributed by atoms with Crippen LogP contribution in [0.2, 0.25) is 0 Å². The number of alkyl halides is 2. The fourth-order valence-corrected chi connectivity index (χ4v) is 1.61. The van der Waals surface area contributed by atoms with Crippen molar-refractivity contribution in [2.45, 2.75) is 5.25 Å². The van der Waals surface area contributed by atoms with Gasteiger partial charge in [0.1, 0.15) is 16.9 Å². The van der Waals surface area contributed by atoms with Crippen LogP contribution in [0.15, 0.2) is 12.1 Å². The standard InChI is InChI=1S/C8H3F5N2O2S/c9-3-1-2-4(10)6-5(3)14-7(15-6)8(11,12)18(13,16)17/h1-2H,(H,14,15). The van der Waals surface area contributed by atoms with Crippen LogP contribution in [0.25, 0.3) is 11.0 Å². The lowest BCUT2D eigenvalue weighted by Gasteiger charge is -2.06. The summed E-state index contributed by atoms with van der Waals surface area (Å²) in [5, 5.41) is -5.01. The van der Waals surface area contributed by atoms with E-state index in [-0.39, 0.29) is 0 Å². The monoisotopic (exact) mass is 286 g/mol. The lowest BCUT2D eigenvalue weighted by molar-refractivity contribution is 0.0755. The number of fused-ring (bicyclic) bond motifs is 1. The van der Waals surface area contributed by atoms with E-state index >= 15 is 0 Å². The van der Waals surface area contributed by atoms with Crippen LogP contribution in [-0.2, 0) is 15.5 Å².